The molecule has 0 N–H and O–H groups in total. The first-order valence-corrected chi connectivity index (χ1v) is 5.23. The number of Topliss-reactive ketones (excluding diaryl/α,β-unsaturated/α-hetero) is 2. The third kappa shape index (κ3) is 2.29. The van der Waals surface area contributed by atoms with Gasteiger partial charge in [0.15, 0.2) is 5.78 Å². The molecule has 0 bridgehead atoms. The first kappa shape index (κ1) is 10.0. The Morgan fingerprint density at radius 1 is 1.47 bits per heavy atom. The fraction of sp³-hybridized carbons (Fsp3) is 0.417. The highest BCUT2D eigenvalue weighted by Crippen LogP contribution is 2.24. The number of ketones is 2. The van der Waals surface area contributed by atoms with Gasteiger partial charge in [-0.2, -0.15) is 0 Å². The molecule has 0 amide bonds. The number of hydrogen-bond donors (Lipinski definition) is 0. The number of carbonyl (C=O) groups is 2. The molecule has 0 aromatic carbocycles. The van der Waals surface area contributed by atoms with Crippen LogP contribution >= 0.6 is 0 Å². The van der Waals surface area contributed by atoms with Gasteiger partial charge in [0.25, 0.3) is 0 Å². The minimum Gasteiger partial charge on any atom is -0.300 e. The van der Waals surface area contributed by atoms with Gasteiger partial charge in [-0.25, -0.2) is 0 Å². The third-order valence-corrected chi connectivity index (χ3v) is 2.80. The fourth-order valence-corrected chi connectivity index (χ4v) is 1.99. The Morgan fingerprint density at radius 2 is 2.33 bits per heavy atom. The number of aromatic nitrogens is 1. The SMILES string of the molecule is O=C1CCCC(C(=O)c2cccnc2)C1. The number of carbonyl (C=O) groups excluding carboxylic acids is 2. The molecule has 15 heavy (non-hydrogen) atoms. The lowest BCUT2D eigenvalue weighted by atomic mass is 9.83. The lowest BCUT2D eigenvalue weighted by Gasteiger charge is -2.19. The molecule has 1 aromatic heterocycles. The van der Waals surface area contributed by atoms with Crippen LogP contribution in [0.3, 0.4) is 0 Å². The summed E-state index contributed by atoms with van der Waals surface area (Å²) < 4.78 is 0. The van der Waals surface area contributed by atoms with E-state index in [1.54, 1.807) is 24.5 Å². The summed E-state index contributed by atoms with van der Waals surface area (Å²) in [7, 11) is 0. The second-order valence-corrected chi connectivity index (χ2v) is 3.94. The highest BCUT2D eigenvalue weighted by Gasteiger charge is 2.26. The van der Waals surface area contributed by atoms with Gasteiger partial charge >= 0.3 is 0 Å². The van der Waals surface area contributed by atoms with E-state index in [1.807, 2.05) is 0 Å². The van der Waals surface area contributed by atoms with E-state index in [4.69, 9.17) is 0 Å². The van der Waals surface area contributed by atoms with Gasteiger partial charge in [0, 0.05) is 36.7 Å². The maximum Gasteiger partial charge on any atom is 0.167 e. The summed E-state index contributed by atoms with van der Waals surface area (Å²) in [5.41, 5.74) is 0.622. The molecule has 1 unspecified atom stereocenters. The molecule has 78 valence electrons. The predicted octanol–water partition coefficient (Wildman–Crippen LogP) is 2.02. The van der Waals surface area contributed by atoms with Crippen LogP contribution in [0, 0.1) is 5.92 Å². The summed E-state index contributed by atoms with van der Waals surface area (Å²) in [5.74, 6) is 0.162. The Bertz CT molecular complexity index is 372. The normalized spacial score (nSPS) is 21.3. The summed E-state index contributed by atoms with van der Waals surface area (Å²) in [6, 6.07) is 3.51. The smallest absolute Gasteiger partial charge is 0.167 e. The molecule has 3 nitrogen and oxygen atoms in total. The maximum absolute atomic E-state index is 12.0. The van der Waals surface area contributed by atoms with E-state index in [1.165, 1.54) is 0 Å². The van der Waals surface area contributed by atoms with E-state index in [9.17, 15) is 9.59 Å². The van der Waals surface area contributed by atoms with Gasteiger partial charge in [-0.15, -0.1) is 0 Å². The molecule has 1 heterocycles. The Kier molecular flexibility index (Phi) is 2.90. The summed E-state index contributed by atoms with van der Waals surface area (Å²) in [5, 5.41) is 0. The van der Waals surface area contributed by atoms with E-state index in [0.717, 1.165) is 12.8 Å². The zero-order chi connectivity index (χ0) is 10.7. The Labute approximate surface area is 88.5 Å². The topological polar surface area (TPSA) is 47.0 Å². The van der Waals surface area contributed by atoms with Gasteiger partial charge < -0.3 is 0 Å². The molecule has 0 spiro atoms. The number of rotatable bonds is 2. The Morgan fingerprint density at radius 3 is 3.00 bits per heavy atom. The Hall–Kier alpha value is -1.51. The van der Waals surface area contributed by atoms with Crippen molar-refractivity contribution in [1.82, 2.24) is 4.98 Å². The van der Waals surface area contributed by atoms with Crippen molar-refractivity contribution in [2.45, 2.75) is 25.7 Å². The van der Waals surface area contributed by atoms with E-state index in [0.29, 0.717) is 18.4 Å². The van der Waals surface area contributed by atoms with Crippen LogP contribution < -0.4 is 0 Å². The van der Waals surface area contributed by atoms with Crippen molar-refractivity contribution >= 4 is 11.6 Å². The van der Waals surface area contributed by atoms with Crippen LogP contribution in [0.5, 0.6) is 0 Å². The van der Waals surface area contributed by atoms with E-state index in [2.05, 4.69) is 4.98 Å². The van der Waals surface area contributed by atoms with Crippen molar-refractivity contribution in [3.63, 3.8) is 0 Å². The van der Waals surface area contributed by atoms with Crippen LogP contribution in [0.25, 0.3) is 0 Å². The molecule has 2 rings (SSSR count). The zero-order valence-electron chi connectivity index (χ0n) is 8.48. The molecular weight excluding hydrogens is 190 g/mol. The Balaban J connectivity index is 2.11. The summed E-state index contributed by atoms with van der Waals surface area (Å²) in [4.78, 5) is 27.1. The molecule has 3 heteroatoms. The first-order chi connectivity index (χ1) is 7.27. The molecule has 1 fully saturated rings. The van der Waals surface area contributed by atoms with Gasteiger partial charge in [-0.1, -0.05) is 0 Å². The van der Waals surface area contributed by atoms with Crippen molar-refractivity contribution in [3.05, 3.63) is 30.1 Å². The first-order valence-electron chi connectivity index (χ1n) is 5.23. The number of pyridine rings is 1. The molecule has 0 radical (unpaired) electrons. The van der Waals surface area contributed by atoms with Crippen LogP contribution in [0.4, 0.5) is 0 Å². The summed E-state index contributed by atoms with van der Waals surface area (Å²) in [6.45, 7) is 0. The van der Waals surface area contributed by atoms with Crippen LogP contribution in [0.1, 0.15) is 36.0 Å². The highest BCUT2D eigenvalue weighted by atomic mass is 16.1. The minimum atomic E-state index is -0.115. The number of nitrogens with zero attached hydrogens (tertiary/aromatic N) is 1. The van der Waals surface area contributed by atoms with Crippen LogP contribution in [0.15, 0.2) is 24.5 Å². The van der Waals surface area contributed by atoms with Gasteiger partial charge in [0.05, 0.1) is 0 Å². The fourth-order valence-electron chi connectivity index (χ4n) is 1.99. The van der Waals surface area contributed by atoms with Gasteiger partial charge in [0.2, 0.25) is 0 Å². The number of hydrogen-bond acceptors (Lipinski definition) is 3. The molecule has 1 aromatic rings. The van der Waals surface area contributed by atoms with Gasteiger partial charge in [0.1, 0.15) is 5.78 Å². The van der Waals surface area contributed by atoms with Crippen LogP contribution in [-0.2, 0) is 4.79 Å². The lowest BCUT2D eigenvalue weighted by Crippen LogP contribution is -2.23. The monoisotopic (exact) mass is 203 g/mol. The van der Waals surface area contributed by atoms with Crippen molar-refractivity contribution in [1.29, 1.82) is 0 Å². The van der Waals surface area contributed by atoms with E-state index < -0.39 is 0 Å². The quantitative estimate of drug-likeness (QED) is 0.691. The molecule has 1 atom stereocenters. The van der Waals surface area contributed by atoms with Gasteiger partial charge in [-0.3, -0.25) is 14.6 Å². The molecule has 0 aliphatic heterocycles. The minimum absolute atomic E-state index is 0.0659. The maximum atomic E-state index is 12.0. The average Bonchev–Trinajstić information content (AvgIpc) is 2.29. The highest BCUT2D eigenvalue weighted by molar-refractivity contribution is 6.00. The predicted molar refractivity (Wildman–Crippen MR) is 55.5 cm³/mol. The molecule has 0 saturated heterocycles. The van der Waals surface area contributed by atoms with E-state index in [-0.39, 0.29) is 17.5 Å². The van der Waals surface area contributed by atoms with Crippen LogP contribution in [0.2, 0.25) is 0 Å². The van der Waals surface area contributed by atoms with Gasteiger partial charge in [-0.05, 0) is 25.0 Å². The molecule has 1 aliphatic rings. The summed E-state index contributed by atoms with van der Waals surface area (Å²) >= 11 is 0. The molecule has 1 saturated carbocycles. The van der Waals surface area contributed by atoms with Crippen molar-refractivity contribution in [3.8, 4) is 0 Å². The van der Waals surface area contributed by atoms with Crippen molar-refractivity contribution < 1.29 is 9.59 Å². The summed E-state index contributed by atoms with van der Waals surface area (Å²) in [6.07, 6.45) is 5.93. The van der Waals surface area contributed by atoms with Crippen molar-refractivity contribution in [2.75, 3.05) is 0 Å². The average molecular weight is 203 g/mol. The van der Waals surface area contributed by atoms with E-state index >= 15 is 0 Å². The second kappa shape index (κ2) is 4.34. The molecular formula is C12H13NO2. The second-order valence-electron chi connectivity index (χ2n) is 3.94. The molecule has 1 aliphatic carbocycles. The van der Waals surface area contributed by atoms with Crippen LogP contribution in [-0.4, -0.2) is 16.6 Å². The largest absolute Gasteiger partial charge is 0.300 e. The standard InChI is InChI=1S/C12H13NO2/c14-11-5-1-3-9(7-11)12(15)10-4-2-6-13-8-10/h2,4,6,8-9H,1,3,5,7H2. The lowest BCUT2D eigenvalue weighted by molar-refractivity contribution is -0.121. The zero-order valence-corrected chi connectivity index (χ0v) is 8.48. The van der Waals surface area contributed by atoms with Crippen molar-refractivity contribution in [2.24, 2.45) is 5.92 Å². The third-order valence-electron chi connectivity index (χ3n) is 2.80.